The van der Waals surface area contributed by atoms with E-state index >= 15 is 0 Å². The second-order valence-corrected chi connectivity index (χ2v) is 5.12. The lowest BCUT2D eigenvalue weighted by molar-refractivity contribution is -0.133. The van der Waals surface area contributed by atoms with Crippen LogP contribution < -0.4 is 19.8 Å². The summed E-state index contributed by atoms with van der Waals surface area (Å²) in [5.74, 6) is -2.10. The predicted octanol–water partition coefficient (Wildman–Crippen LogP) is -0.306. The first kappa shape index (κ1) is 15.8. The van der Waals surface area contributed by atoms with Gasteiger partial charge in [-0.05, 0) is 12.1 Å². The Morgan fingerprint density at radius 2 is 1.92 bits per heavy atom. The minimum atomic E-state index is -1.03. The molecule has 0 unspecified atom stereocenters. The molecule has 1 N–H and O–H groups in total. The molecule has 0 radical (unpaired) electrons. The van der Waals surface area contributed by atoms with Gasteiger partial charge in [0.15, 0.2) is 5.71 Å². The summed E-state index contributed by atoms with van der Waals surface area (Å²) in [4.78, 5) is 38.1. The topological polar surface area (TPSA) is 107 Å². The smallest absolute Gasteiger partial charge is 0.355 e. The maximum atomic E-state index is 12.8. The second-order valence-electron chi connectivity index (χ2n) is 5.12. The number of nitrogens with zero attached hydrogens (tertiary/aromatic N) is 2. The van der Waals surface area contributed by atoms with E-state index in [1.165, 1.54) is 27.4 Å². The molecule has 1 fully saturated rings. The lowest BCUT2D eigenvalue weighted by Gasteiger charge is -2.19. The number of hydrazone groups is 1. The van der Waals surface area contributed by atoms with E-state index < -0.39 is 29.7 Å². The van der Waals surface area contributed by atoms with Crippen molar-refractivity contribution in [3.8, 4) is 11.5 Å². The van der Waals surface area contributed by atoms with E-state index in [2.05, 4.69) is 15.3 Å². The van der Waals surface area contributed by atoms with Crippen molar-refractivity contribution in [3.63, 3.8) is 0 Å². The fourth-order valence-corrected chi connectivity index (χ4v) is 2.77. The largest absolute Gasteiger partial charge is 0.497 e. The van der Waals surface area contributed by atoms with Gasteiger partial charge in [0.05, 0.1) is 27.0 Å². The lowest BCUT2D eigenvalue weighted by Crippen LogP contribution is -2.36. The first-order valence-corrected chi connectivity index (χ1v) is 7.04. The van der Waals surface area contributed by atoms with Gasteiger partial charge in [-0.3, -0.25) is 15.0 Å². The van der Waals surface area contributed by atoms with Crippen molar-refractivity contribution in [2.24, 2.45) is 11.0 Å². The van der Waals surface area contributed by atoms with Crippen molar-refractivity contribution in [2.75, 3.05) is 26.2 Å². The van der Waals surface area contributed by atoms with Gasteiger partial charge in [-0.1, -0.05) is 0 Å². The molecule has 0 aromatic heterocycles. The number of anilines is 1. The van der Waals surface area contributed by atoms with Crippen molar-refractivity contribution < 1.29 is 28.6 Å². The number of carbonyl (C=O) groups is 3. The van der Waals surface area contributed by atoms with Crippen molar-refractivity contribution in [2.45, 2.75) is 6.04 Å². The van der Waals surface area contributed by atoms with Crippen LogP contribution in [-0.2, 0) is 19.1 Å². The van der Waals surface area contributed by atoms with Crippen LogP contribution in [0.25, 0.3) is 0 Å². The van der Waals surface area contributed by atoms with Crippen molar-refractivity contribution in [1.29, 1.82) is 0 Å². The highest BCUT2D eigenvalue weighted by Gasteiger charge is 2.56. The highest BCUT2D eigenvalue weighted by atomic mass is 16.5. The minimum absolute atomic E-state index is 0.120. The number of rotatable bonds is 4. The van der Waals surface area contributed by atoms with Gasteiger partial charge in [-0.2, -0.15) is 5.10 Å². The zero-order valence-corrected chi connectivity index (χ0v) is 13.2. The third-order valence-electron chi connectivity index (χ3n) is 3.95. The Labute approximate surface area is 137 Å². The molecule has 9 nitrogen and oxygen atoms in total. The van der Waals surface area contributed by atoms with Gasteiger partial charge in [-0.25, -0.2) is 9.69 Å². The Morgan fingerprint density at radius 3 is 2.54 bits per heavy atom. The minimum Gasteiger partial charge on any atom is -0.497 e. The molecule has 2 heterocycles. The average molecular weight is 333 g/mol. The molecule has 0 aliphatic carbocycles. The number of hydrogen-bond donors (Lipinski definition) is 1. The zero-order chi connectivity index (χ0) is 17.4. The van der Waals surface area contributed by atoms with Crippen molar-refractivity contribution in [3.05, 3.63) is 18.2 Å². The number of benzene rings is 1. The Balaban J connectivity index is 2.03. The number of methoxy groups -OCH3 is 3. The maximum Gasteiger partial charge on any atom is 0.355 e. The number of amides is 2. The van der Waals surface area contributed by atoms with Gasteiger partial charge in [0, 0.05) is 6.07 Å². The van der Waals surface area contributed by atoms with Gasteiger partial charge in [0.1, 0.15) is 23.5 Å². The number of esters is 1. The van der Waals surface area contributed by atoms with Crippen LogP contribution in [0, 0.1) is 5.92 Å². The van der Waals surface area contributed by atoms with Crippen LogP contribution in [-0.4, -0.2) is 50.9 Å². The number of fused-ring (bicyclic) bond motifs is 1. The normalized spacial score (nSPS) is 22.0. The SMILES string of the molecule is COC(=O)C1=NN[C@H]2C(=O)N(c3cc(OC)ccc3OC)C(=O)[C@@H]12. The first-order chi connectivity index (χ1) is 11.5. The molecule has 2 aliphatic rings. The molecule has 1 saturated heterocycles. The monoisotopic (exact) mass is 333 g/mol. The molecule has 126 valence electrons. The van der Waals surface area contributed by atoms with Gasteiger partial charge in [0.2, 0.25) is 5.91 Å². The standard InChI is InChI=1S/C15H15N3O6/c1-22-7-4-5-9(23-2)8(6-7)18-13(19)10-11(14(18)20)16-17-12(10)15(21)24-3/h4-6,10-11,16H,1-3H3/t10-,11-/m1/s1. The van der Waals surface area contributed by atoms with Crippen molar-refractivity contribution >= 4 is 29.2 Å². The van der Waals surface area contributed by atoms with E-state index in [1.807, 2.05) is 0 Å². The zero-order valence-electron chi connectivity index (χ0n) is 13.2. The van der Waals surface area contributed by atoms with E-state index in [9.17, 15) is 14.4 Å². The van der Waals surface area contributed by atoms with Crippen LogP contribution in [0.15, 0.2) is 23.3 Å². The molecule has 24 heavy (non-hydrogen) atoms. The molecule has 2 atom stereocenters. The van der Waals surface area contributed by atoms with Gasteiger partial charge in [-0.15, -0.1) is 0 Å². The molecule has 0 saturated carbocycles. The maximum absolute atomic E-state index is 12.8. The average Bonchev–Trinajstić information content (AvgIpc) is 3.14. The molecular formula is C15H15N3O6. The van der Waals surface area contributed by atoms with Gasteiger partial charge >= 0.3 is 5.97 Å². The Hall–Kier alpha value is -3.10. The first-order valence-electron chi connectivity index (χ1n) is 7.04. The third kappa shape index (κ3) is 2.16. The number of nitrogens with one attached hydrogen (secondary N) is 1. The van der Waals surface area contributed by atoms with E-state index in [4.69, 9.17) is 9.47 Å². The van der Waals surface area contributed by atoms with Crippen LogP contribution in [0.3, 0.4) is 0 Å². The summed E-state index contributed by atoms with van der Waals surface area (Å²) in [5, 5.41) is 3.76. The second kappa shape index (κ2) is 5.84. The molecule has 0 bridgehead atoms. The Kier molecular flexibility index (Phi) is 3.84. The summed E-state index contributed by atoms with van der Waals surface area (Å²) < 4.78 is 15.0. The third-order valence-corrected chi connectivity index (χ3v) is 3.95. The summed E-state index contributed by atoms with van der Waals surface area (Å²) in [6.07, 6.45) is 0. The molecule has 0 spiro atoms. The molecular weight excluding hydrogens is 318 g/mol. The number of ether oxygens (including phenoxy) is 3. The van der Waals surface area contributed by atoms with Crippen LogP contribution in [0.2, 0.25) is 0 Å². The number of hydrogen-bond acceptors (Lipinski definition) is 8. The number of carbonyl (C=O) groups excluding carboxylic acids is 3. The summed E-state index contributed by atoms with van der Waals surface area (Å²) >= 11 is 0. The molecule has 1 aromatic rings. The van der Waals surface area contributed by atoms with E-state index in [1.54, 1.807) is 12.1 Å². The molecule has 2 aliphatic heterocycles. The number of imide groups is 1. The molecule has 2 amide bonds. The van der Waals surface area contributed by atoms with E-state index in [-0.39, 0.29) is 11.4 Å². The van der Waals surface area contributed by atoms with E-state index in [0.717, 1.165) is 4.90 Å². The summed E-state index contributed by atoms with van der Waals surface area (Å²) in [7, 11) is 4.08. The van der Waals surface area contributed by atoms with Crippen molar-refractivity contribution in [1.82, 2.24) is 5.43 Å². The van der Waals surface area contributed by atoms with Crippen LogP contribution in [0.5, 0.6) is 11.5 Å². The fourth-order valence-electron chi connectivity index (χ4n) is 2.77. The molecule has 9 heteroatoms. The highest BCUT2D eigenvalue weighted by Crippen LogP contribution is 2.38. The predicted molar refractivity (Wildman–Crippen MR) is 81.9 cm³/mol. The van der Waals surface area contributed by atoms with Crippen LogP contribution in [0.4, 0.5) is 5.69 Å². The summed E-state index contributed by atoms with van der Waals surface area (Å²) in [6, 6.07) is 3.81. The van der Waals surface area contributed by atoms with E-state index in [0.29, 0.717) is 11.5 Å². The van der Waals surface area contributed by atoms with Crippen LogP contribution >= 0.6 is 0 Å². The quantitative estimate of drug-likeness (QED) is 0.595. The van der Waals surface area contributed by atoms with Gasteiger partial charge < -0.3 is 14.2 Å². The fraction of sp³-hybridized carbons (Fsp3) is 0.333. The molecule has 3 rings (SSSR count). The van der Waals surface area contributed by atoms with Crippen LogP contribution in [0.1, 0.15) is 0 Å². The Morgan fingerprint density at radius 1 is 1.17 bits per heavy atom. The highest BCUT2D eigenvalue weighted by molar-refractivity contribution is 6.46. The lowest BCUT2D eigenvalue weighted by atomic mass is 9.99. The Bertz CT molecular complexity index is 760. The summed E-state index contributed by atoms with van der Waals surface area (Å²) in [5.41, 5.74) is 2.66. The molecule has 1 aromatic carbocycles. The van der Waals surface area contributed by atoms with Gasteiger partial charge in [0.25, 0.3) is 5.91 Å². The summed E-state index contributed by atoms with van der Waals surface area (Å²) in [6.45, 7) is 0.